The van der Waals surface area contributed by atoms with E-state index in [0.717, 1.165) is 12.1 Å². The lowest BCUT2D eigenvalue weighted by molar-refractivity contribution is 0.413. The van der Waals surface area contributed by atoms with Gasteiger partial charge in [-0.2, -0.15) is 0 Å². The van der Waals surface area contributed by atoms with Crippen LogP contribution in [0.25, 0.3) is 0 Å². The van der Waals surface area contributed by atoms with Crippen LogP contribution in [-0.2, 0) is 10.0 Å². The third-order valence-corrected chi connectivity index (χ3v) is 3.98. The predicted octanol–water partition coefficient (Wildman–Crippen LogP) is 2.22. The van der Waals surface area contributed by atoms with Crippen LogP contribution in [0, 0.1) is 5.82 Å². The number of anilines is 2. The van der Waals surface area contributed by atoms with Crippen molar-refractivity contribution in [3.63, 3.8) is 0 Å². The number of sulfonamides is 1. The fourth-order valence-electron chi connectivity index (χ4n) is 1.60. The van der Waals surface area contributed by atoms with E-state index in [0.29, 0.717) is 5.69 Å². The summed E-state index contributed by atoms with van der Waals surface area (Å²) in [6.45, 7) is 0. The van der Waals surface area contributed by atoms with Crippen LogP contribution in [0.15, 0.2) is 47.4 Å². The predicted molar refractivity (Wildman–Crippen MR) is 74.6 cm³/mol. The Morgan fingerprint density at radius 2 is 1.80 bits per heavy atom. The highest BCUT2D eigenvalue weighted by Gasteiger charge is 2.16. The van der Waals surface area contributed by atoms with Crippen LogP contribution in [0.4, 0.5) is 15.8 Å². The first-order valence-electron chi connectivity index (χ1n) is 5.64. The van der Waals surface area contributed by atoms with Gasteiger partial charge in [-0.05, 0) is 36.4 Å². The Morgan fingerprint density at radius 1 is 1.15 bits per heavy atom. The molecule has 20 heavy (non-hydrogen) atoms. The van der Waals surface area contributed by atoms with E-state index in [1.807, 2.05) is 0 Å². The van der Waals surface area contributed by atoms with E-state index in [2.05, 4.69) is 4.72 Å². The number of hydrogen-bond donors (Lipinski definition) is 2. The van der Waals surface area contributed by atoms with Gasteiger partial charge in [0.1, 0.15) is 11.6 Å². The molecule has 0 bridgehead atoms. The third kappa shape index (κ3) is 3.00. The molecule has 7 heteroatoms. The number of hydrogen-bond acceptors (Lipinski definition) is 4. The van der Waals surface area contributed by atoms with Gasteiger partial charge in [-0.25, -0.2) is 12.8 Å². The van der Waals surface area contributed by atoms with Crippen LogP contribution < -0.4 is 15.2 Å². The number of benzene rings is 2. The average Bonchev–Trinajstić information content (AvgIpc) is 2.41. The topological polar surface area (TPSA) is 81.4 Å². The van der Waals surface area contributed by atoms with Crippen molar-refractivity contribution in [3.05, 3.63) is 48.3 Å². The van der Waals surface area contributed by atoms with Crippen molar-refractivity contribution < 1.29 is 17.5 Å². The Balaban J connectivity index is 2.35. The lowest BCUT2D eigenvalue weighted by Gasteiger charge is -2.12. The van der Waals surface area contributed by atoms with Gasteiger partial charge >= 0.3 is 0 Å². The molecule has 0 unspecified atom stereocenters. The highest BCUT2D eigenvalue weighted by molar-refractivity contribution is 7.92. The third-order valence-electron chi connectivity index (χ3n) is 2.60. The fourth-order valence-corrected chi connectivity index (χ4v) is 2.67. The standard InChI is InChI=1S/C13H13FN2O3S/c1-19-13-8-9(14)2-7-12(13)16-20(17,18)11-5-3-10(15)4-6-11/h2-8,16H,15H2,1H3. The number of ether oxygens (including phenoxy) is 1. The van der Waals surface area contributed by atoms with E-state index in [9.17, 15) is 12.8 Å². The van der Waals surface area contributed by atoms with Gasteiger partial charge in [0, 0.05) is 11.8 Å². The molecule has 0 heterocycles. The molecule has 2 aromatic carbocycles. The minimum Gasteiger partial charge on any atom is -0.494 e. The smallest absolute Gasteiger partial charge is 0.262 e. The molecule has 0 fully saturated rings. The lowest BCUT2D eigenvalue weighted by atomic mass is 10.3. The van der Waals surface area contributed by atoms with Gasteiger partial charge in [-0.15, -0.1) is 0 Å². The number of nitrogen functional groups attached to an aromatic ring is 1. The van der Waals surface area contributed by atoms with Crippen LogP contribution in [0.5, 0.6) is 5.75 Å². The maximum Gasteiger partial charge on any atom is 0.262 e. The van der Waals surface area contributed by atoms with Gasteiger partial charge in [0.05, 0.1) is 17.7 Å². The molecule has 2 aromatic rings. The minimum absolute atomic E-state index is 0.0538. The molecule has 0 saturated heterocycles. The van der Waals surface area contributed by atoms with Crippen LogP contribution in [0.2, 0.25) is 0 Å². The summed E-state index contributed by atoms with van der Waals surface area (Å²) >= 11 is 0. The quantitative estimate of drug-likeness (QED) is 0.848. The van der Waals surface area contributed by atoms with Gasteiger partial charge in [0.2, 0.25) is 0 Å². The summed E-state index contributed by atoms with van der Waals surface area (Å²) < 4.78 is 44.7. The second kappa shape index (κ2) is 5.38. The van der Waals surface area contributed by atoms with Gasteiger partial charge in [-0.1, -0.05) is 0 Å². The van der Waals surface area contributed by atoms with E-state index in [1.54, 1.807) is 0 Å². The van der Waals surface area contributed by atoms with Crippen molar-refractivity contribution in [2.45, 2.75) is 4.90 Å². The van der Waals surface area contributed by atoms with E-state index in [-0.39, 0.29) is 16.3 Å². The Bertz CT molecular complexity index is 715. The van der Waals surface area contributed by atoms with Crippen molar-refractivity contribution >= 4 is 21.4 Å². The summed E-state index contributed by atoms with van der Waals surface area (Å²) in [5.74, 6) is -0.415. The molecular formula is C13H13FN2O3S. The molecule has 0 aliphatic carbocycles. The highest BCUT2D eigenvalue weighted by atomic mass is 32.2. The molecule has 0 atom stereocenters. The monoisotopic (exact) mass is 296 g/mol. The molecule has 106 valence electrons. The zero-order chi connectivity index (χ0) is 14.8. The number of methoxy groups -OCH3 is 1. The molecule has 3 N–H and O–H groups in total. The minimum atomic E-state index is -3.78. The van der Waals surface area contributed by atoms with Crippen LogP contribution in [0.1, 0.15) is 0 Å². The van der Waals surface area contributed by atoms with E-state index in [1.165, 1.54) is 37.4 Å². The first-order valence-corrected chi connectivity index (χ1v) is 7.12. The maximum absolute atomic E-state index is 13.1. The average molecular weight is 296 g/mol. The van der Waals surface area contributed by atoms with Crippen molar-refractivity contribution in [2.24, 2.45) is 0 Å². The molecule has 0 saturated carbocycles. The maximum atomic E-state index is 13.1. The highest BCUT2D eigenvalue weighted by Crippen LogP contribution is 2.27. The van der Waals surface area contributed by atoms with E-state index < -0.39 is 15.8 Å². The summed E-state index contributed by atoms with van der Waals surface area (Å²) in [5, 5.41) is 0. The Labute approximate surface area is 116 Å². The van der Waals surface area contributed by atoms with E-state index >= 15 is 0 Å². The van der Waals surface area contributed by atoms with E-state index in [4.69, 9.17) is 10.5 Å². The second-order valence-corrected chi connectivity index (χ2v) is 5.70. The second-order valence-electron chi connectivity index (χ2n) is 4.02. The van der Waals surface area contributed by atoms with Crippen molar-refractivity contribution in [1.82, 2.24) is 0 Å². The molecule has 0 aliphatic rings. The molecular weight excluding hydrogens is 283 g/mol. The largest absolute Gasteiger partial charge is 0.494 e. The zero-order valence-electron chi connectivity index (χ0n) is 10.6. The van der Waals surface area contributed by atoms with Gasteiger partial charge in [0.25, 0.3) is 10.0 Å². The first-order chi connectivity index (χ1) is 9.42. The summed E-state index contributed by atoms with van der Waals surface area (Å²) in [7, 11) is -2.45. The summed E-state index contributed by atoms with van der Waals surface area (Å²) in [4.78, 5) is 0.0538. The molecule has 0 aliphatic heterocycles. The first kappa shape index (κ1) is 14.1. The molecule has 2 rings (SSSR count). The lowest BCUT2D eigenvalue weighted by Crippen LogP contribution is -2.13. The van der Waals surface area contributed by atoms with Crippen molar-refractivity contribution in [2.75, 3.05) is 17.6 Å². The molecule has 0 amide bonds. The number of nitrogens with two attached hydrogens (primary N) is 1. The Kier molecular flexibility index (Phi) is 3.80. The fraction of sp³-hybridized carbons (Fsp3) is 0.0769. The van der Waals surface area contributed by atoms with Crippen LogP contribution >= 0.6 is 0 Å². The Hall–Kier alpha value is -2.28. The molecule has 0 radical (unpaired) electrons. The summed E-state index contributed by atoms with van der Waals surface area (Å²) in [5.41, 5.74) is 6.13. The van der Waals surface area contributed by atoms with Crippen LogP contribution in [-0.4, -0.2) is 15.5 Å². The van der Waals surface area contributed by atoms with Crippen molar-refractivity contribution in [3.8, 4) is 5.75 Å². The molecule has 0 aromatic heterocycles. The number of nitrogens with one attached hydrogen (secondary N) is 1. The summed E-state index contributed by atoms with van der Waals surface area (Å²) in [6.07, 6.45) is 0. The van der Waals surface area contributed by atoms with Gasteiger partial charge < -0.3 is 10.5 Å². The number of halogens is 1. The molecule has 5 nitrogen and oxygen atoms in total. The molecule has 0 spiro atoms. The van der Waals surface area contributed by atoms with Crippen molar-refractivity contribution in [1.29, 1.82) is 0 Å². The summed E-state index contributed by atoms with van der Waals surface area (Å²) in [6, 6.07) is 9.27. The number of rotatable bonds is 4. The van der Waals surface area contributed by atoms with Gasteiger partial charge in [-0.3, -0.25) is 4.72 Å². The zero-order valence-corrected chi connectivity index (χ0v) is 11.4. The van der Waals surface area contributed by atoms with Gasteiger partial charge in [0.15, 0.2) is 0 Å². The van der Waals surface area contributed by atoms with Crippen LogP contribution in [0.3, 0.4) is 0 Å². The SMILES string of the molecule is COc1cc(F)ccc1NS(=O)(=O)c1ccc(N)cc1. The normalized spacial score (nSPS) is 11.1. The Morgan fingerprint density at radius 3 is 2.40 bits per heavy atom.